The van der Waals surface area contributed by atoms with Crippen molar-refractivity contribution in [3.8, 4) is 0 Å². The van der Waals surface area contributed by atoms with Crippen LogP contribution in [0.25, 0.3) is 0 Å². The van der Waals surface area contributed by atoms with Gasteiger partial charge in [0, 0.05) is 43.0 Å². The Bertz CT molecular complexity index is 738. The molecule has 5 nitrogen and oxygen atoms in total. The number of nitrogens with one attached hydrogen (secondary N) is 2. The minimum atomic E-state index is -0.107. The second-order valence-electron chi connectivity index (χ2n) is 6.87. The van der Waals surface area contributed by atoms with Crippen molar-refractivity contribution in [3.63, 3.8) is 0 Å². The zero-order valence-electron chi connectivity index (χ0n) is 15.6. The highest BCUT2D eigenvalue weighted by molar-refractivity contribution is 5.94. The number of carbonyl (C=O) groups is 2. The lowest BCUT2D eigenvalue weighted by Gasteiger charge is -2.28. The molecule has 142 valence electrons. The van der Waals surface area contributed by atoms with E-state index in [-0.39, 0.29) is 11.8 Å². The molecule has 0 atom stereocenters. The molecule has 27 heavy (non-hydrogen) atoms. The summed E-state index contributed by atoms with van der Waals surface area (Å²) >= 11 is 0. The predicted octanol–water partition coefficient (Wildman–Crippen LogP) is 3.83. The molecule has 2 aromatic rings. The van der Waals surface area contributed by atoms with Crippen LogP contribution < -0.4 is 15.5 Å². The molecular formula is C22H27N3O2. The highest BCUT2D eigenvalue weighted by Gasteiger charge is 2.11. The first-order chi connectivity index (χ1) is 13.2. The average molecular weight is 365 g/mol. The van der Waals surface area contributed by atoms with E-state index in [0.29, 0.717) is 24.9 Å². The molecule has 2 aromatic carbocycles. The van der Waals surface area contributed by atoms with Crippen LogP contribution in [0, 0.1) is 0 Å². The van der Waals surface area contributed by atoms with Crippen LogP contribution in [0.15, 0.2) is 54.6 Å². The topological polar surface area (TPSA) is 61.4 Å². The molecule has 0 saturated carbocycles. The van der Waals surface area contributed by atoms with Crippen molar-refractivity contribution < 1.29 is 9.59 Å². The van der Waals surface area contributed by atoms with Crippen molar-refractivity contribution in [2.24, 2.45) is 0 Å². The number of anilines is 2. The van der Waals surface area contributed by atoms with E-state index in [2.05, 4.69) is 27.7 Å². The molecule has 0 unspecified atom stereocenters. The third-order valence-corrected chi connectivity index (χ3v) is 4.77. The average Bonchev–Trinajstić information content (AvgIpc) is 2.73. The number of hydrogen-bond acceptors (Lipinski definition) is 3. The van der Waals surface area contributed by atoms with E-state index < -0.39 is 0 Å². The number of piperidine rings is 1. The number of rotatable bonds is 7. The Morgan fingerprint density at radius 3 is 2.30 bits per heavy atom. The van der Waals surface area contributed by atoms with Gasteiger partial charge in [0.25, 0.3) is 5.91 Å². The summed E-state index contributed by atoms with van der Waals surface area (Å²) in [5, 5.41) is 5.76. The van der Waals surface area contributed by atoms with Crippen molar-refractivity contribution >= 4 is 23.2 Å². The zero-order chi connectivity index (χ0) is 18.9. The van der Waals surface area contributed by atoms with Gasteiger partial charge in [-0.15, -0.1) is 0 Å². The molecule has 0 aromatic heterocycles. The number of amides is 2. The molecule has 3 rings (SSSR count). The Morgan fingerprint density at radius 1 is 0.889 bits per heavy atom. The van der Waals surface area contributed by atoms with Crippen molar-refractivity contribution in [1.82, 2.24) is 5.32 Å². The van der Waals surface area contributed by atoms with Crippen molar-refractivity contribution in [2.45, 2.75) is 32.1 Å². The van der Waals surface area contributed by atoms with Gasteiger partial charge in [-0.25, -0.2) is 0 Å². The van der Waals surface area contributed by atoms with E-state index in [9.17, 15) is 9.59 Å². The second kappa shape index (κ2) is 9.76. The Hall–Kier alpha value is -2.82. The largest absolute Gasteiger partial charge is 0.372 e. The Balaban J connectivity index is 1.37. The van der Waals surface area contributed by atoms with Gasteiger partial charge in [0.05, 0.1) is 0 Å². The van der Waals surface area contributed by atoms with Crippen LogP contribution in [0.4, 0.5) is 11.4 Å². The van der Waals surface area contributed by atoms with Gasteiger partial charge in [-0.05, 0) is 62.1 Å². The van der Waals surface area contributed by atoms with Crippen LogP contribution in [0.2, 0.25) is 0 Å². The molecule has 1 aliphatic heterocycles. The van der Waals surface area contributed by atoms with Crippen LogP contribution in [0.3, 0.4) is 0 Å². The summed E-state index contributed by atoms with van der Waals surface area (Å²) < 4.78 is 0. The Labute approximate surface area is 160 Å². The van der Waals surface area contributed by atoms with Gasteiger partial charge in [0.1, 0.15) is 0 Å². The molecule has 0 aliphatic carbocycles. The maximum atomic E-state index is 12.1. The van der Waals surface area contributed by atoms with Crippen LogP contribution >= 0.6 is 0 Å². The van der Waals surface area contributed by atoms with Gasteiger partial charge >= 0.3 is 0 Å². The van der Waals surface area contributed by atoms with Crippen LogP contribution in [0.1, 0.15) is 42.5 Å². The van der Waals surface area contributed by atoms with Gasteiger partial charge < -0.3 is 15.5 Å². The van der Waals surface area contributed by atoms with E-state index in [4.69, 9.17) is 0 Å². The van der Waals surface area contributed by atoms with Crippen LogP contribution in [-0.2, 0) is 4.79 Å². The first-order valence-corrected chi connectivity index (χ1v) is 9.70. The highest BCUT2D eigenvalue weighted by atomic mass is 16.2. The molecular weight excluding hydrogens is 338 g/mol. The summed E-state index contributed by atoms with van der Waals surface area (Å²) in [7, 11) is 0. The van der Waals surface area contributed by atoms with E-state index in [1.807, 2.05) is 30.3 Å². The summed E-state index contributed by atoms with van der Waals surface area (Å²) in [6.07, 6.45) is 4.80. The molecule has 0 spiro atoms. The first kappa shape index (κ1) is 19.0. The molecule has 5 heteroatoms. The smallest absolute Gasteiger partial charge is 0.251 e. The van der Waals surface area contributed by atoms with Crippen molar-refractivity contribution in [1.29, 1.82) is 0 Å². The summed E-state index contributed by atoms with van der Waals surface area (Å²) in [5.41, 5.74) is 2.67. The number of benzene rings is 2. The SMILES string of the molecule is O=C(CCCNC(=O)c1ccccc1)Nc1ccc(N2CCCCC2)cc1. The van der Waals surface area contributed by atoms with Gasteiger partial charge in [-0.3, -0.25) is 9.59 Å². The number of carbonyl (C=O) groups excluding carboxylic acids is 2. The monoisotopic (exact) mass is 365 g/mol. The minimum absolute atomic E-state index is 0.0327. The van der Waals surface area contributed by atoms with E-state index in [0.717, 1.165) is 18.8 Å². The van der Waals surface area contributed by atoms with Gasteiger partial charge in [-0.2, -0.15) is 0 Å². The second-order valence-corrected chi connectivity index (χ2v) is 6.87. The fourth-order valence-corrected chi connectivity index (χ4v) is 3.27. The quantitative estimate of drug-likeness (QED) is 0.733. The van der Waals surface area contributed by atoms with Crippen molar-refractivity contribution in [2.75, 3.05) is 29.9 Å². The van der Waals surface area contributed by atoms with E-state index >= 15 is 0 Å². The maximum Gasteiger partial charge on any atom is 0.251 e. The van der Waals surface area contributed by atoms with Crippen molar-refractivity contribution in [3.05, 3.63) is 60.2 Å². The standard InChI is InChI=1S/C22H27N3O2/c26-21(10-7-15-23-22(27)18-8-3-1-4-9-18)24-19-11-13-20(14-12-19)25-16-5-2-6-17-25/h1,3-4,8-9,11-14H,2,5-7,10,15-17H2,(H,23,27)(H,24,26). The third-order valence-electron chi connectivity index (χ3n) is 4.77. The van der Waals surface area contributed by atoms with Crippen LogP contribution in [0.5, 0.6) is 0 Å². The molecule has 1 saturated heterocycles. The molecule has 1 aliphatic rings. The molecule has 1 fully saturated rings. The number of hydrogen-bond donors (Lipinski definition) is 2. The Morgan fingerprint density at radius 2 is 1.59 bits per heavy atom. The maximum absolute atomic E-state index is 12.1. The Kier molecular flexibility index (Phi) is 6.85. The first-order valence-electron chi connectivity index (χ1n) is 9.70. The third kappa shape index (κ3) is 5.84. The molecule has 1 heterocycles. The molecule has 0 radical (unpaired) electrons. The lowest BCUT2D eigenvalue weighted by Crippen LogP contribution is -2.29. The highest BCUT2D eigenvalue weighted by Crippen LogP contribution is 2.21. The predicted molar refractivity (Wildman–Crippen MR) is 109 cm³/mol. The molecule has 2 amide bonds. The van der Waals surface area contributed by atoms with Crippen LogP contribution in [-0.4, -0.2) is 31.4 Å². The fourth-order valence-electron chi connectivity index (χ4n) is 3.27. The molecule has 2 N–H and O–H groups in total. The zero-order valence-corrected chi connectivity index (χ0v) is 15.6. The van der Waals surface area contributed by atoms with Gasteiger partial charge in [0.2, 0.25) is 5.91 Å². The summed E-state index contributed by atoms with van der Waals surface area (Å²) in [6, 6.07) is 17.1. The lowest BCUT2D eigenvalue weighted by atomic mass is 10.1. The minimum Gasteiger partial charge on any atom is -0.372 e. The molecule has 0 bridgehead atoms. The fraction of sp³-hybridized carbons (Fsp3) is 0.364. The van der Waals surface area contributed by atoms with Gasteiger partial charge in [-0.1, -0.05) is 18.2 Å². The summed E-state index contributed by atoms with van der Waals surface area (Å²) in [4.78, 5) is 26.4. The normalized spacial score (nSPS) is 13.9. The summed E-state index contributed by atoms with van der Waals surface area (Å²) in [6.45, 7) is 2.70. The number of nitrogens with zero attached hydrogens (tertiary/aromatic N) is 1. The summed E-state index contributed by atoms with van der Waals surface area (Å²) in [5.74, 6) is -0.140. The lowest BCUT2D eigenvalue weighted by molar-refractivity contribution is -0.116. The van der Waals surface area contributed by atoms with E-state index in [1.54, 1.807) is 12.1 Å². The van der Waals surface area contributed by atoms with E-state index in [1.165, 1.54) is 24.9 Å². The van der Waals surface area contributed by atoms with Gasteiger partial charge in [0.15, 0.2) is 0 Å².